The zero-order valence-corrected chi connectivity index (χ0v) is 30.2. The third kappa shape index (κ3) is 6.28. The van der Waals surface area contributed by atoms with Gasteiger partial charge in [-0.2, -0.15) is 0 Å². The number of para-hydroxylation sites is 2. The molecule has 4 aromatic carbocycles. The topological polar surface area (TPSA) is 187 Å². The molecule has 12 heteroatoms. The highest BCUT2D eigenvalue weighted by atomic mass is 16.5. The summed E-state index contributed by atoms with van der Waals surface area (Å²) >= 11 is 0. The van der Waals surface area contributed by atoms with Gasteiger partial charge in [0.15, 0.2) is 11.2 Å². The van der Waals surface area contributed by atoms with E-state index >= 15 is 0 Å². The first-order valence-corrected chi connectivity index (χ1v) is 17.6. The highest BCUT2D eigenvalue weighted by Crippen LogP contribution is 2.44. The number of carbonyl (C=O) groups excluding carboxylic acids is 2. The van der Waals surface area contributed by atoms with Gasteiger partial charge in [0.05, 0.1) is 40.6 Å². The Kier molecular flexibility index (Phi) is 9.06. The molecule has 0 saturated heterocycles. The van der Waals surface area contributed by atoms with Crippen LogP contribution in [0.4, 0.5) is 17.1 Å². The predicted molar refractivity (Wildman–Crippen MR) is 215 cm³/mol. The zero-order chi connectivity index (χ0) is 39.1. The molecule has 0 fully saturated rings. The number of aromatic nitrogens is 2. The van der Waals surface area contributed by atoms with Gasteiger partial charge in [0.2, 0.25) is 0 Å². The van der Waals surface area contributed by atoms with Crippen LogP contribution in [0.15, 0.2) is 118 Å². The van der Waals surface area contributed by atoms with Crippen LogP contribution in [0.3, 0.4) is 0 Å². The number of nitrogens with zero attached hydrogens (tertiary/aromatic N) is 2. The normalized spacial score (nSPS) is 11.2. The Labute approximate surface area is 318 Å². The number of nitrogens with two attached hydrogens (primary N) is 1. The van der Waals surface area contributed by atoms with E-state index in [1.165, 1.54) is 26.2 Å². The molecule has 0 atom stereocenters. The van der Waals surface area contributed by atoms with E-state index in [0.29, 0.717) is 67.0 Å². The number of nitrogens with one attached hydrogen (secondary N) is 2. The average molecular weight is 744 g/mol. The fourth-order valence-corrected chi connectivity index (χ4v) is 7.02. The van der Waals surface area contributed by atoms with Crippen LogP contribution in [-0.2, 0) is 17.8 Å². The summed E-state index contributed by atoms with van der Waals surface area (Å²) in [5.41, 5.74) is 12.3. The van der Waals surface area contributed by atoms with Crippen molar-refractivity contribution in [2.45, 2.75) is 20.0 Å². The van der Waals surface area contributed by atoms with Crippen molar-refractivity contribution < 1.29 is 28.6 Å². The van der Waals surface area contributed by atoms with Crippen LogP contribution in [0, 0.1) is 0 Å². The quantitative estimate of drug-likeness (QED) is 0.0456. The Morgan fingerprint density at radius 3 is 2.04 bits per heavy atom. The molecule has 3 heterocycles. The molecule has 12 nitrogen and oxygen atoms in total. The highest BCUT2D eigenvalue weighted by Gasteiger charge is 2.26. The van der Waals surface area contributed by atoms with Crippen LogP contribution in [-0.4, -0.2) is 39.9 Å². The van der Waals surface area contributed by atoms with Crippen molar-refractivity contribution in [1.82, 2.24) is 9.97 Å². The largest absolute Gasteiger partial charge is 0.478 e. The zero-order valence-electron chi connectivity index (χ0n) is 30.2. The number of esters is 1. The number of fused-ring (bicyclic) bond motifs is 4. The number of carboxylic acids is 1. The van der Waals surface area contributed by atoms with Gasteiger partial charge >= 0.3 is 11.9 Å². The van der Waals surface area contributed by atoms with Crippen LogP contribution in [0.5, 0.6) is 0 Å². The molecule has 56 heavy (non-hydrogen) atoms. The van der Waals surface area contributed by atoms with E-state index in [1.54, 1.807) is 60.7 Å². The Balaban J connectivity index is 1.30. The first kappa shape index (κ1) is 35.4. The van der Waals surface area contributed by atoms with Gasteiger partial charge in [0.1, 0.15) is 22.7 Å². The number of carboxylic acid groups (broad SMARTS) is 1. The Bertz CT molecular complexity index is 2940. The van der Waals surface area contributed by atoms with Crippen molar-refractivity contribution in [3.63, 3.8) is 0 Å². The van der Waals surface area contributed by atoms with Crippen molar-refractivity contribution in [3.8, 4) is 22.5 Å². The summed E-state index contributed by atoms with van der Waals surface area (Å²) in [5, 5.41) is 19.2. The maximum atomic E-state index is 13.8. The number of aromatic carboxylic acids is 1. The summed E-state index contributed by atoms with van der Waals surface area (Å²) in [6, 6.07) is 31.3. The fraction of sp³-hybridized carbons (Fsp3) is 0.0909. The van der Waals surface area contributed by atoms with E-state index in [2.05, 4.69) is 20.6 Å². The van der Waals surface area contributed by atoms with Crippen molar-refractivity contribution in [3.05, 3.63) is 147 Å². The fourth-order valence-electron chi connectivity index (χ4n) is 7.02. The second kappa shape index (κ2) is 14.3. The summed E-state index contributed by atoms with van der Waals surface area (Å²) in [6.45, 7) is 1.60. The Hall–Kier alpha value is -7.60. The molecule has 0 amide bonds. The summed E-state index contributed by atoms with van der Waals surface area (Å²) in [4.78, 5) is 60.0. The molecular formula is C44H33N5O7. The van der Waals surface area contributed by atoms with Gasteiger partial charge in [-0.05, 0) is 60.2 Å². The molecule has 2 aromatic heterocycles. The molecule has 6 aromatic rings. The molecule has 1 aliphatic carbocycles. The molecule has 2 aliphatic rings. The number of anilines is 3. The van der Waals surface area contributed by atoms with Gasteiger partial charge in [-0.3, -0.25) is 9.59 Å². The van der Waals surface area contributed by atoms with Crippen molar-refractivity contribution in [2.24, 2.45) is 0 Å². The highest BCUT2D eigenvalue weighted by molar-refractivity contribution is 6.09. The SMILES string of the molecule is COC(=O)c1ccc2cccc(NCc3c4oc5c(CNc6cccc7ccc(C(C)=O)nc67)c(N)ccc5c(-c5ccccc5C(=O)O)c-4ccc3=O)c2n1. The summed E-state index contributed by atoms with van der Waals surface area (Å²) < 4.78 is 11.6. The first-order chi connectivity index (χ1) is 27.1. The number of carbonyl (C=O) groups is 3. The van der Waals surface area contributed by atoms with Gasteiger partial charge < -0.3 is 30.6 Å². The van der Waals surface area contributed by atoms with E-state index in [-0.39, 0.29) is 46.9 Å². The lowest BCUT2D eigenvalue weighted by molar-refractivity contribution is 0.0593. The summed E-state index contributed by atoms with van der Waals surface area (Å²) in [7, 11) is 1.28. The lowest BCUT2D eigenvalue weighted by atomic mass is 9.88. The number of nitrogen functional groups attached to an aromatic ring is 1. The summed E-state index contributed by atoms with van der Waals surface area (Å²) in [5.74, 6) is -1.63. The van der Waals surface area contributed by atoms with Crippen LogP contribution in [0.2, 0.25) is 0 Å². The third-order valence-electron chi connectivity index (χ3n) is 9.79. The number of ether oxygens (including phenoxy) is 1. The minimum absolute atomic E-state index is 0.00943. The van der Waals surface area contributed by atoms with E-state index in [1.807, 2.05) is 36.4 Å². The molecule has 0 radical (unpaired) electrons. The van der Waals surface area contributed by atoms with E-state index in [4.69, 9.17) is 14.9 Å². The van der Waals surface area contributed by atoms with Crippen molar-refractivity contribution in [1.29, 1.82) is 0 Å². The number of methoxy groups -OCH3 is 1. The predicted octanol–water partition coefficient (Wildman–Crippen LogP) is 8.16. The molecule has 0 spiro atoms. The number of ketones is 1. The van der Waals surface area contributed by atoms with Gasteiger partial charge in [-0.15, -0.1) is 0 Å². The maximum Gasteiger partial charge on any atom is 0.356 e. The molecule has 276 valence electrons. The van der Waals surface area contributed by atoms with E-state index in [9.17, 15) is 24.3 Å². The number of hydrogen-bond donors (Lipinski definition) is 4. The van der Waals surface area contributed by atoms with Crippen LogP contribution in [0.25, 0.3) is 55.2 Å². The second-order valence-corrected chi connectivity index (χ2v) is 13.2. The third-order valence-corrected chi connectivity index (χ3v) is 9.79. The van der Waals surface area contributed by atoms with Gasteiger partial charge in [-0.25, -0.2) is 19.6 Å². The number of hydrogen-bond acceptors (Lipinski definition) is 11. The molecule has 1 aliphatic heterocycles. The first-order valence-electron chi connectivity index (χ1n) is 17.6. The summed E-state index contributed by atoms with van der Waals surface area (Å²) in [6.07, 6.45) is 0. The van der Waals surface area contributed by atoms with E-state index in [0.717, 1.165) is 10.8 Å². The number of benzene rings is 5. The second-order valence-electron chi connectivity index (χ2n) is 13.2. The molecule has 0 unspecified atom stereocenters. The lowest BCUT2D eigenvalue weighted by Gasteiger charge is -2.21. The van der Waals surface area contributed by atoms with Crippen molar-refractivity contribution in [2.75, 3.05) is 23.5 Å². The molecule has 8 rings (SSSR count). The smallest absolute Gasteiger partial charge is 0.356 e. The average Bonchev–Trinajstić information content (AvgIpc) is 3.21. The number of Topliss-reactive ketones (excluding diaryl/α,β-unsaturated/α-hetero) is 1. The monoisotopic (exact) mass is 743 g/mol. The van der Waals surface area contributed by atoms with Crippen LogP contribution in [0.1, 0.15) is 49.4 Å². The van der Waals surface area contributed by atoms with Crippen molar-refractivity contribution >= 4 is 67.6 Å². The minimum Gasteiger partial charge on any atom is -0.478 e. The van der Waals surface area contributed by atoms with E-state index < -0.39 is 11.9 Å². The molecular weight excluding hydrogens is 711 g/mol. The molecule has 0 bridgehead atoms. The number of pyridine rings is 2. The van der Waals surface area contributed by atoms with Gasteiger partial charge in [0, 0.05) is 58.5 Å². The van der Waals surface area contributed by atoms with Gasteiger partial charge in [0.25, 0.3) is 0 Å². The standard InChI is InChI=1S/C44H33N5O7/c1-23(50)33-18-13-24-7-5-11-34(39(24)48-33)46-21-30-32(45)17-15-28-38(26-9-3-4-10-27(26)43(52)53)29-16-20-37(51)31(42(29)56-41(28)30)22-47-35-12-6-8-25-14-19-36(44(54)55-2)49-40(25)35/h3-20,46-47H,21-22,45H2,1-2H3,(H,52,53). The Morgan fingerprint density at radius 1 is 0.732 bits per heavy atom. The van der Waals surface area contributed by atoms with Crippen LogP contribution < -0.4 is 21.8 Å². The Morgan fingerprint density at radius 2 is 1.38 bits per heavy atom. The number of rotatable bonds is 10. The molecule has 0 saturated carbocycles. The molecule has 5 N–H and O–H groups in total. The lowest BCUT2D eigenvalue weighted by Crippen LogP contribution is -2.15. The van der Waals surface area contributed by atoms with Crippen LogP contribution >= 0.6 is 0 Å². The minimum atomic E-state index is -1.12. The maximum absolute atomic E-state index is 13.8. The van der Waals surface area contributed by atoms with Gasteiger partial charge in [-0.1, -0.05) is 54.6 Å².